The van der Waals surface area contributed by atoms with Gasteiger partial charge in [-0.25, -0.2) is 14.2 Å². The second kappa shape index (κ2) is 5.24. The molecule has 0 aromatic carbocycles. The zero-order valence-electron chi connectivity index (χ0n) is 12.4. The Labute approximate surface area is 122 Å². The monoisotopic (exact) mass is 288 g/mol. The van der Waals surface area contributed by atoms with Gasteiger partial charge in [0.05, 0.1) is 28.8 Å². The van der Waals surface area contributed by atoms with Gasteiger partial charge < -0.3 is 5.11 Å². The minimum Gasteiger partial charge on any atom is -0.478 e. The van der Waals surface area contributed by atoms with Gasteiger partial charge in [0.2, 0.25) is 0 Å². The summed E-state index contributed by atoms with van der Waals surface area (Å²) in [7, 11) is 0. The van der Waals surface area contributed by atoms with Crippen molar-refractivity contribution in [3.8, 4) is 11.4 Å². The van der Waals surface area contributed by atoms with E-state index in [1.165, 1.54) is 12.1 Å². The molecule has 0 amide bonds. The summed E-state index contributed by atoms with van der Waals surface area (Å²) in [5.41, 5.74) is 2.05. The Morgan fingerprint density at radius 2 is 1.95 bits per heavy atom. The number of pyridine rings is 2. The third kappa shape index (κ3) is 3.07. The van der Waals surface area contributed by atoms with Crippen LogP contribution in [0.15, 0.2) is 24.4 Å². The lowest BCUT2D eigenvalue weighted by Crippen LogP contribution is -2.20. The molecule has 0 aliphatic carbocycles. The summed E-state index contributed by atoms with van der Waals surface area (Å²) >= 11 is 0. The van der Waals surface area contributed by atoms with E-state index in [1.54, 1.807) is 13.0 Å². The average molecular weight is 288 g/mol. The number of hydrogen-bond acceptors (Lipinski definition) is 3. The van der Waals surface area contributed by atoms with E-state index in [0.717, 1.165) is 6.20 Å². The molecule has 2 aromatic rings. The molecule has 1 N–H and O–H groups in total. The average Bonchev–Trinajstić information content (AvgIpc) is 2.38. The van der Waals surface area contributed by atoms with Crippen molar-refractivity contribution < 1.29 is 14.3 Å². The smallest absolute Gasteiger partial charge is 0.337 e. The number of carboxylic acid groups (broad SMARTS) is 1. The first-order chi connectivity index (χ1) is 9.70. The highest BCUT2D eigenvalue weighted by Crippen LogP contribution is 2.29. The molecule has 2 rings (SSSR count). The van der Waals surface area contributed by atoms with Crippen LogP contribution in [-0.2, 0) is 5.41 Å². The molecule has 0 radical (unpaired) electrons. The second-order valence-corrected chi connectivity index (χ2v) is 5.97. The lowest BCUT2D eigenvalue weighted by Gasteiger charge is -2.22. The molecule has 0 atom stereocenters. The molecule has 4 nitrogen and oxygen atoms in total. The van der Waals surface area contributed by atoms with E-state index >= 15 is 0 Å². The van der Waals surface area contributed by atoms with Gasteiger partial charge >= 0.3 is 5.97 Å². The molecule has 0 fully saturated rings. The summed E-state index contributed by atoms with van der Waals surface area (Å²) in [6.07, 6.45) is 1.12. The van der Waals surface area contributed by atoms with Crippen LogP contribution in [0.1, 0.15) is 42.4 Å². The Balaban J connectivity index is 2.69. The zero-order valence-corrected chi connectivity index (χ0v) is 12.4. The first kappa shape index (κ1) is 15.1. The molecule has 0 unspecified atom stereocenters. The highest BCUT2D eigenvalue weighted by Gasteiger charge is 2.25. The number of carbonyl (C=O) groups is 1. The summed E-state index contributed by atoms with van der Waals surface area (Å²) in [6, 6.07) is 4.44. The molecule has 0 bridgehead atoms. The van der Waals surface area contributed by atoms with Crippen LogP contribution >= 0.6 is 0 Å². The Bertz CT molecular complexity index is 689. The molecule has 5 heteroatoms. The number of aromatic nitrogens is 2. The number of carboxylic acids is 1. The number of aromatic carboxylic acids is 1. The van der Waals surface area contributed by atoms with E-state index in [-0.39, 0.29) is 5.56 Å². The predicted molar refractivity (Wildman–Crippen MR) is 77.8 cm³/mol. The Morgan fingerprint density at radius 1 is 1.29 bits per heavy atom. The van der Waals surface area contributed by atoms with Crippen molar-refractivity contribution in [2.45, 2.75) is 33.1 Å². The molecule has 110 valence electrons. The van der Waals surface area contributed by atoms with Crippen LogP contribution in [0.2, 0.25) is 0 Å². The summed E-state index contributed by atoms with van der Waals surface area (Å²) in [6.45, 7) is 7.48. The van der Waals surface area contributed by atoms with Crippen LogP contribution in [-0.4, -0.2) is 21.0 Å². The number of rotatable bonds is 2. The Hall–Kier alpha value is -2.30. The van der Waals surface area contributed by atoms with Gasteiger partial charge in [-0.3, -0.25) is 4.98 Å². The zero-order chi connectivity index (χ0) is 15.8. The third-order valence-corrected chi connectivity index (χ3v) is 3.12. The summed E-state index contributed by atoms with van der Waals surface area (Å²) in [5, 5.41) is 9.35. The maximum atomic E-state index is 13.0. The molecule has 0 aliphatic rings. The van der Waals surface area contributed by atoms with Gasteiger partial charge in [0.15, 0.2) is 0 Å². The Morgan fingerprint density at radius 3 is 2.43 bits per heavy atom. The third-order valence-electron chi connectivity index (χ3n) is 3.12. The van der Waals surface area contributed by atoms with Gasteiger partial charge in [-0.2, -0.15) is 0 Å². The standard InChI is InChI=1S/C16H17FN2O2/c1-9-7-11(15(20)21)14(16(2,3)4)19-13(9)12-6-5-10(17)8-18-12/h5-8H,1-4H3,(H,20,21). The van der Waals surface area contributed by atoms with Crippen molar-refractivity contribution in [3.05, 3.63) is 47.0 Å². The molecular formula is C16H17FN2O2. The van der Waals surface area contributed by atoms with Crippen molar-refractivity contribution in [1.82, 2.24) is 9.97 Å². The fourth-order valence-electron chi connectivity index (χ4n) is 2.12. The summed E-state index contributed by atoms with van der Waals surface area (Å²) in [4.78, 5) is 19.9. The highest BCUT2D eigenvalue weighted by atomic mass is 19.1. The van der Waals surface area contributed by atoms with Gasteiger partial charge in [0.25, 0.3) is 0 Å². The lowest BCUT2D eigenvalue weighted by molar-refractivity contribution is 0.0693. The van der Waals surface area contributed by atoms with E-state index in [0.29, 0.717) is 22.6 Å². The summed E-state index contributed by atoms with van der Waals surface area (Å²) in [5.74, 6) is -1.43. The molecule has 0 saturated carbocycles. The van der Waals surface area contributed by atoms with Gasteiger partial charge in [0, 0.05) is 5.41 Å². The minimum absolute atomic E-state index is 0.186. The SMILES string of the molecule is Cc1cc(C(=O)O)c(C(C)(C)C)nc1-c1ccc(F)cn1. The number of hydrogen-bond donors (Lipinski definition) is 1. The van der Waals surface area contributed by atoms with Crippen molar-refractivity contribution in [2.24, 2.45) is 0 Å². The van der Waals surface area contributed by atoms with Gasteiger partial charge in [-0.05, 0) is 30.7 Å². The van der Waals surface area contributed by atoms with Gasteiger partial charge in [-0.1, -0.05) is 20.8 Å². The Kier molecular flexibility index (Phi) is 3.77. The molecule has 2 aromatic heterocycles. The van der Waals surface area contributed by atoms with E-state index < -0.39 is 17.2 Å². The van der Waals surface area contributed by atoms with Crippen molar-refractivity contribution in [2.75, 3.05) is 0 Å². The molecule has 21 heavy (non-hydrogen) atoms. The number of nitrogens with zero attached hydrogens (tertiary/aromatic N) is 2. The predicted octanol–water partition coefficient (Wildman–Crippen LogP) is 3.59. The highest BCUT2D eigenvalue weighted by molar-refractivity contribution is 5.90. The molecule has 0 spiro atoms. The fraction of sp³-hybridized carbons (Fsp3) is 0.312. The van der Waals surface area contributed by atoms with Crippen LogP contribution in [0, 0.1) is 12.7 Å². The van der Waals surface area contributed by atoms with Crippen LogP contribution in [0.3, 0.4) is 0 Å². The quantitative estimate of drug-likeness (QED) is 0.917. The maximum Gasteiger partial charge on any atom is 0.337 e. The van der Waals surface area contributed by atoms with Crippen LogP contribution in [0.25, 0.3) is 11.4 Å². The topological polar surface area (TPSA) is 63.1 Å². The molecule has 0 saturated heterocycles. The van der Waals surface area contributed by atoms with E-state index in [1.807, 2.05) is 20.8 Å². The lowest BCUT2D eigenvalue weighted by atomic mass is 9.87. The van der Waals surface area contributed by atoms with Gasteiger partial charge in [0.1, 0.15) is 5.82 Å². The molecule has 0 aliphatic heterocycles. The van der Waals surface area contributed by atoms with E-state index in [9.17, 15) is 14.3 Å². The number of aryl methyl sites for hydroxylation is 1. The van der Waals surface area contributed by atoms with E-state index in [2.05, 4.69) is 9.97 Å². The normalized spacial score (nSPS) is 11.5. The second-order valence-electron chi connectivity index (χ2n) is 5.97. The molecule has 2 heterocycles. The first-order valence-corrected chi connectivity index (χ1v) is 6.57. The van der Waals surface area contributed by atoms with Gasteiger partial charge in [-0.15, -0.1) is 0 Å². The van der Waals surface area contributed by atoms with E-state index in [4.69, 9.17) is 0 Å². The first-order valence-electron chi connectivity index (χ1n) is 6.57. The largest absolute Gasteiger partial charge is 0.478 e. The van der Waals surface area contributed by atoms with Crippen LogP contribution in [0.5, 0.6) is 0 Å². The minimum atomic E-state index is -1.01. The summed E-state index contributed by atoms with van der Waals surface area (Å²) < 4.78 is 13.0. The maximum absolute atomic E-state index is 13.0. The number of halogens is 1. The van der Waals surface area contributed by atoms with Crippen LogP contribution < -0.4 is 0 Å². The van der Waals surface area contributed by atoms with Crippen molar-refractivity contribution in [3.63, 3.8) is 0 Å². The molecular weight excluding hydrogens is 271 g/mol. The van der Waals surface area contributed by atoms with Crippen molar-refractivity contribution >= 4 is 5.97 Å². The van der Waals surface area contributed by atoms with Crippen LogP contribution in [0.4, 0.5) is 4.39 Å². The fourth-order valence-corrected chi connectivity index (χ4v) is 2.12. The van der Waals surface area contributed by atoms with Crippen molar-refractivity contribution in [1.29, 1.82) is 0 Å².